The van der Waals surface area contributed by atoms with Gasteiger partial charge in [0.15, 0.2) is 0 Å². The van der Waals surface area contributed by atoms with Crippen molar-refractivity contribution < 1.29 is 0 Å². The van der Waals surface area contributed by atoms with Crippen LogP contribution >= 0.6 is 11.6 Å². The molecule has 0 amide bonds. The van der Waals surface area contributed by atoms with Gasteiger partial charge in [0.2, 0.25) is 0 Å². The second-order valence-corrected chi connectivity index (χ2v) is 4.17. The first-order chi connectivity index (χ1) is 6.16. The van der Waals surface area contributed by atoms with Crippen LogP contribution in [0.5, 0.6) is 0 Å². The molecule has 0 saturated heterocycles. The van der Waals surface area contributed by atoms with E-state index in [1.165, 1.54) is 11.1 Å². The third kappa shape index (κ3) is 2.47. The van der Waals surface area contributed by atoms with Crippen molar-refractivity contribution in [2.75, 3.05) is 0 Å². The van der Waals surface area contributed by atoms with Crippen LogP contribution in [0.1, 0.15) is 37.3 Å². The summed E-state index contributed by atoms with van der Waals surface area (Å²) >= 11 is 6.33. The number of hydrogen-bond donors (Lipinski definition) is 0. The third-order valence-electron chi connectivity index (χ3n) is 2.32. The molecule has 1 aromatic carbocycles. The zero-order valence-electron chi connectivity index (χ0n) is 8.55. The zero-order valence-corrected chi connectivity index (χ0v) is 9.31. The molecule has 0 spiro atoms. The molecule has 0 aliphatic carbocycles. The first-order valence-corrected chi connectivity index (χ1v) is 5.32. The van der Waals surface area contributed by atoms with Gasteiger partial charge in [0.1, 0.15) is 0 Å². The summed E-state index contributed by atoms with van der Waals surface area (Å²) in [4.78, 5) is 0. The standard InChI is InChI=1S/C12H17Cl/c1-4-10-7-5-6-8-11(10)12(13)9(2)3/h5-9,12H,4H2,1-3H3. The minimum Gasteiger partial charge on any atom is -0.118 e. The molecule has 72 valence electrons. The maximum absolute atomic E-state index is 6.33. The van der Waals surface area contributed by atoms with Crippen molar-refractivity contribution >= 4 is 11.6 Å². The van der Waals surface area contributed by atoms with Crippen LogP contribution in [0.15, 0.2) is 24.3 Å². The fourth-order valence-corrected chi connectivity index (χ4v) is 1.70. The maximum atomic E-state index is 6.33. The van der Waals surface area contributed by atoms with Crippen LogP contribution in [0.3, 0.4) is 0 Å². The topological polar surface area (TPSA) is 0 Å². The van der Waals surface area contributed by atoms with E-state index in [-0.39, 0.29) is 5.38 Å². The fourth-order valence-electron chi connectivity index (χ4n) is 1.48. The van der Waals surface area contributed by atoms with E-state index >= 15 is 0 Å². The lowest BCUT2D eigenvalue weighted by Crippen LogP contribution is -2.02. The van der Waals surface area contributed by atoms with Gasteiger partial charge in [-0.05, 0) is 23.5 Å². The summed E-state index contributed by atoms with van der Waals surface area (Å²) in [5.41, 5.74) is 2.66. The van der Waals surface area contributed by atoms with Gasteiger partial charge < -0.3 is 0 Å². The van der Waals surface area contributed by atoms with Gasteiger partial charge in [-0.1, -0.05) is 45.0 Å². The predicted molar refractivity (Wildman–Crippen MR) is 59.3 cm³/mol. The van der Waals surface area contributed by atoms with E-state index in [1.807, 2.05) is 0 Å². The Kier molecular flexibility index (Phi) is 3.80. The molecule has 0 heterocycles. The zero-order chi connectivity index (χ0) is 9.84. The Hall–Kier alpha value is -0.490. The quantitative estimate of drug-likeness (QED) is 0.637. The van der Waals surface area contributed by atoms with Crippen LogP contribution in [0.4, 0.5) is 0 Å². The lowest BCUT2D eigenvalue weighted by Gasteiger charge is -2.16. The lowest BCUT2D eigenvalue weighted by molar-refractivity contribution is 0.620. The molecule has 0 fully saturated rings. The predicted octanol–water partition coefficient (Wildman–Crippen LogP) is 4.18. The minimum absolute atomic E-state index is 0.149. The van der Waals surface area contributed by atoms with Crippen LogP contribution in [0.2, 0.25) is 0 Å². The molecule has 0 radical (unpaired) electrons. The number of aryl methyl sites for hydroxylation is 1. The van der Waals surface area contributed by atoms with E-state index in [4.69, 9.17) is 11.6 Å². The largest absolute Gasteiger partial charge is 0.118 e. The molecule has 1 rings (SSSR count). The van der Waals surface area contributed by atoms with Crippen LogP contribution in [-0.2, 0) is 6.42 Å². The molecule has 13 heavy (non-hydrogen) atoms. The summed E-state index contributed by atoms with van der Waals surface area (Å²) in [6, 6.07) is 8.43. The summed E-state index contributed by atoms with van der Waals surface area (Å²) in [6.07, 6.45) is 1.06. The Labute approximate surface area is 85.9 Å². The van der Waals surface area contributed by atoms with E-state index in [2.05, 4.69) is 45.0 Å². The van der Waals surface area contributed by atoms with Gasteiger partial charge in [-0.3, -0.25) is 0 Å². The second-order valence-electron chi connectivity index (χ2n) is 3.70. The average molecular weight is 197 g/mol. The van der Waals surface area contributed by atoms with Gasteiger partial charge in [-0.15, -0.1) is 11.6 Å². The van der Waals surface area contributed by atoms with E-state index in [9.17, 15) is 0 Å². The van der Waals surface area contributed by atoms with Gasteiger partial charge in [0.25, 0.3) is 0 Å². The average Bonchev–Trinajstić information content (AvgIpc) is 2.16. The molecular weight excluding hydrogens is 180 g/mol. The van der Waals surface area contributed by atoms with Crippen LogP contribution < -0.4 is 0 Å². The fraction of sp³-hybridized carbons (Fsp3) is 0.500. The summed E-state index contributed by atoms with van der Waals surface area (Å²) in [5.74, 6) is 0.495. The summed E-state index contributed by atoms with van der Waals surface area (Å²) < 4.78 is 0. The molecule has 0 bridgehead atoms. The SMILES string of the molecule is CCc1ccccc1C(Cl)C(C)C. The first-order valence-electron chi connectivity index (χ1n) is 4.88. The summed E-state index contributed by atoms with van der Waals surface area (Å²) in [6.45, 7) is 6.48. The Bertz CT molecular complexity index is 266. The maximum Gasteiger partial charge on any atom is 0.0610 e. The Morgan fingerprint density at radius 3 is 2.38 bits per heavy atom. The van der Waals surface area contributed by atoms with Gasteiger partial charge in [0.05, 0.1) is 5.38 Å². The van der Waals surface area contributed by atoms with Crippen molar-refractivity contribution in [2.24, 2.45) is 5.92 Å². The number of rotatable bonds is 3. The molecular formula is C12H17Cl. The van der Waals surface area contributed by atoms with Gasteiger partial charge in [-0.25, -0.2) is 0 Å². The molecule has 0 aliphatic rings. The smallest absolute Gasteiger partial charge is 0.0610 e. The molecule has 1 atom stereocenters. The van der Waals surface area contributed by atoms with Gasteiger partial charge >= 0.3 is 0 Å². The van der Waals surface area contributed by atoms with E-state index < -0.39 is 0 Å². The molecule has 0 saturated carbocycles. The van der Waals surface area contributed by atoms with Crippen LogP contribution in [-0.4, -0.2) is 0 Å². The number of hydrogen-bond acceptors (Lipinski definition) is 0. The minimum atomic E-state index is 0.149. The highest BCUT2D eigenvalue weighted by atomic mass is 35.5. The number of alkyl halides is 1. The Morgan fingerprint density at radius 2 is 1.85 bits per heavy atom. The van der Waals surface area contributed by atoms with Crippen molar-refractivity contribution in [3.8, 4) is 0 Å². The third-order valence-corrected chi connectivity index (χ3v) is 3.06. The first kappa shape index (κ1) is 10.6. The number of benzene rings is 1. The molecule has 0 nitrogen and oxygen atoms in total. The highest BCUT2D eigenvalue weighted by Gasteiger charge is 2.14. The monoisotopic (exact) mass is 196 g/mol. The van der Waals surface area contributed by atoms with E-state index in [1.54, 1.807) is 0 Å². The van der Waals surface area contributed by atoms with Crippen LogP contribution in [0.25, 0.3) is 0 Å². The summed E-state index contributed by atoms with van der Waals surface area (Å²) in [7, 11) is 0. The van der Waals surface area contributed by atoms with Gasteiger partial charge in [0, 0.05) is 0 Å². The molecule has 1 aromatic rings. The molecule has 0 N–H and O–H groups in total. The van der Waals surface area contributed by atoms with Crippen molar-refractivity contribution in [3.05, 3.63) is 35.4 Å². The van der Waals surface area contributed by atoms with Gasteiger partial charge in [-0.2, -0.15) is 0 Å². The van der Waals surface area contributed by atoms with Crippen molar-refractivity contribution in [1.29, 1.82) is 0 Å². The molecule has 0 aliphatic heterocycles. The Balaban J connectivity index is 2.98. The number of halogens is 1. The molecule has 0 aromatic heterocycles. The van der Waals surface area contributed by atoms with Crippen molar-refractivity contribution in [3.63, 3.8) is 0 Å². The van der Waals surface area contributed by atoms with Crippen LogP contribution in [0, 0.1) is 5.92 Å². The highest BCUT2D eigenvalue weighted by molar-refractivity contribution is 6.21. The van der Waals surface area contributed by atoms with E-state index in [0.717, 1.165) is 6.42 Å². The van der Waals surface area contributed by atoms with Crippen molar-refractivity contribution in [1.82, 2.24) is 0 Å². The summed E-state index contributed by atoms with van der Waals surface area (Å²) in [5, 5.41) is 0.149. The Morgan fingerprint density at radius 1 is 1.23 bits per heavy atom. The lowest BCUT2D eigenvalue weighted by atomic mass is 9.96. The normalized spacial score (nSPS) is 13.3. The molecule has 1 heteroatoms. The molecule has 1 unspecified atom stereocenters. The van der Waals surface area contributed by atoms with Crippen molar-refractivity contribution in [2.45, 2.75) is 32.6 Å². The highest BCUT2D eigenvalue weighted by Crippen LogP contribution is 2.30. The second kappa shape index (κ2) is 4.66. The van der Waals surface area contributed by atoms with E-state index in [0.29, 0.717) is 5.92 Å².